The summed E-state index contributed by atoms with van der Waals surface area (Å²) in [6.07, 6.45) is 8.28. The molecule has 24 heavy (non-hydrogen) atoms. The number of hydrogen-bond acceptors (Lipinski definition) is 3. The van der Waals surface area contributed by atoms with Crippen LogP contribution in [0.1, 0.15) is 25.3 Å². The normalized spacial score (nSPS) is 15.5. The highest BCUT2D eigenvalue weighted by Gasteiger charge is 2.22. The van der Waals surface area contributed by atoms with Crippen LogP contribution >= 0.6 is 0 Å². The number of aromatic nitrogens is 2. The van der Waals surface area contributed by atoms with E-state index in [1.807, 2.05) is 54.8 Å². The number of hydrogen-bond donors (Lipinski definition) is 0. The monoisotopic (exact) mass is 327 g/mol. The lowest BCUT2D eigenvalue weighted by Crippen LogP contribution is -2.40. The number of carbonyl (C=O) groups is 1. The van der Waals surface area contributed by atoms with Crippen molar-refractivity contribution in [2.24, 2.45) is 5.92 Å². The molecule has 3 rings (SSSR count). The zero-order valence-electron chi connectivity index (χ0n) is 14.2. The fourth-order valence-electron chi connectivity index (χ4n) is 3.21. The zero-order valence-corrected chi connectivity index (χ0v) is 14.2. The van der Waals surface area contributed by atoms with Gasteiger partial charge in [0.2, 0.25) is 5.91 Å². The molecule has 0 bridgehead atoms. The number of rotatable bonds is 6. The summed E-state index contributed by atoms with van der Waals surface area (Å²) in [7, 11) is 0. The van der Waals surface area contributed by atoms with E-state index in [1.54, 1.807) is 0 Å². The molecular weight excluding hydrogens is 302 g/mol. The second kappa shape index (κ2) is 7.99. The second-order valence-corrected chi connectivity index (χ2v) is 6.34. The maximum atomic E-state index is 12.5. The molecule has 1 saturated heterocycles. The summed E-state index contributed by atoms with van der Waals surface area (Å²) in [5, 5.41) is 0. The minimum atomic E-state index is 0.222. The van der Waals surface area contributed by atoms with Crippen LogP contribution in [-0.4, -0.2) is 40.1 Å². The molecule has 2 heterocycles. The number of ether oxygens (including phenoxy) is 1. The summed E-state index contributed by atoms with van der Waals surface area (Å²) in [4.78, 5) is 18.6. The lowest BCUT2D eigenvalue weighted by atomic mass is 9.96. The molecule has 5 heteroatoms. The van der Waals surface area contributed by atoms with Crippen molar-refractivity contribution >= 4 is 5.91 Å². The van der Waals surface area contributed by atoms with Crippen molar-refractivity contribution in [1.82, 2.24) is 14.5 Å². The average Bonchev–Trinajstić information content (AvgIpc) is 3.10. The number of imidazole rings is 1. The van der Waals surface area contributed by atoms with Crippen LogP contribution in [0.15, 0.2) is 43.0 Å². The second-order valence-electron chi connectivity index (χ2n) is 6.34. The third kappa shape index (κ3) is 4.37. The summed E-state index contributed by atoms with van der Waals surface area (Å²) in [5.41, 5.74) is 1.05. The highest BCUT2D eigenvalue weighted by Crippen LogP contribution is 2.20. The van der Waals surface area contributed by atoms with Crippen LogP contribution < -0.4 is 4.74 Å². The Bertz CT molecular complexity index is 629. The van der Waals surface area contributed by atoms with E-state index in [4.69, 9.17) is 4.74 Å². The third-order valence-electron chi connectivity index (χ3n) is 4.59. The Labute approximate surface area is 143 Å². The predicted octanol–water partition coefficient (Wildman–Crippen LogP) is 2.76. The topological polar surface area (TPSA) is 47.4 Å². The molecule has 0 radical (unpaired) electrons. The molecule has 0 atom stereocenters. The molecule has 1 aliphatic rings. The van der Waals surface area contributed by atoms with Gasteiger partial charge in [-0.1, -0.05) is 12.1 Å². The first-order chi connectivity index (χ1) is 11.7. The number of carbonyl (C=O) groups excluding carboxylic acids is 1. The highest BCUT2D eigenvalue weighted by molar-refractivity contribution is 5.78. The van der Waals surface area contributed by atoms with Crippen molar-refractivity contribution in [2.45, 2.75) is 32.7 Å². The van der Waals surface area contributed by atoms with Gasteiger partial charge < -0.3 is 14.2 Å². The van der Waals surface area contributed by atoms with E-state index in [-0.39, 0.29) is 5.91 Å². The first kappa shape index (κ1) is 16.6. The van der Waals surface area contributed by atoms with E-state index in [0.717, 1.165) is 43.8 Å². The van der Waals surface area contributed by atoms with Gasteiger partial charge in [0.15, 0.2) is 0 Å². The Morgan fingerprint density at radius 1 is 1.25 bits per heavy atom. The minimum absolute atomic E-state index is 0.222. The van der Waals surface area contributed by atoms with E-state index in [1.165, 1.54) is 0 Å². The molecule has 1 aromatic heterocycles. The maximum Gasteiger partial charge on any atom is 0.226 e. The van der Waals surface area contributed by atoms with Gasteiger partial charge in [0.25, 0.3) is 0 Å². The lowest BCUT2D eigenvalue weighted by Gasteiger charge is -2.32. The summed E-state index contributed by atoms with van der Waals surface area (Å²) in [6.45, 7) is 5.34. The van der Waals surface area contributed by atoms with Crippen LogP contribution in [0.5, 0.6) is 5.75 Å². The van der Waals surface area contributed by atoms with E-state index >= 15 is 0 Å². The quantitative estimate of drug-likeness (QED) is 0.820. The van der Waals surface area contributed by atoms with Gasteiger partial charge in [-0.3, -0.25) is 4.79 Å². The van der Waals surface area contributed by atoms with Gasteiger partial charge in [-0.05, 0) is 43.4 Å². The van der Waals surface area contributed by atoms with Gasteiger partial charge >= 0.3 is 0 Å². The van der Waals surface area contributed by atoms with Gasteiger partial charge in [-0.15, -0.1) is 0 Å². The molecule has 128 valence electrons. The van der Waals surface area contributed by atoms with Crippen molar-refractivity contribution in [1.29, 1.82) is 0 Å². The van der Waals surface area contributed by atoms with Crippen LogP contribution in [0.3, 0.4) is 0 Å². The molecule has 0 saturated carbocycles. The highest BCUT2D eigenvalue weighted by atomic mass is 16.5. The molecule has 0 aliphatic carbocycles. The van der Waals surface area contributed by atoms with Gasteiger partial charge in [-0.25, -0.2) is 4.98 Å². The van der Waals surface area contributed by atoms with Gasteiger partial charge in [0.1, 0.15) is 5.75 Å². The van der Waals surface area contributed by atoms with Gasteiger partial charge in [0, 0.05) is 32.0 Å². The van der Waals surface area contributed by atoms with Crippen molar-refractivity contribution in [2.75, 3.05) is 19.7 Å². The standard InChI is InChI=1S/C19H25N3O2/c1-2-24-18-5-3-16(4-6-18)13-19(23)22-10-7-17(8-11-22)14-21-12-9-20-15-21/h3-6,9,12,15,17H,2,7-8,10-11,13-14H2,1H3. The Hall–Kier alpha value is -2.30. The summed E-state index contributed by atoms with van der Waals surface area (Å²) in [5.74, 6) is 1.71. The van der Waals surface area contributed by atoms with Crippen molar-refractivity contribution in [3.05, 3.63) is 48.5 Å². The molecule has 1 aromatic carbocycles. The molecule has 2 aromatic rings. The smallest absolute Gasteiger partial charge is 0.226 e. The molecule has 0 spiro atoms. The largest absolute Gasteiger partial charge is 0.494 e. The fraction of sp³-hybridized carbons (Fsp3) is 0.474. The van der Waals surface area contributed by atoms with E-state index in [0.29, 0.717) is 18.9 Å². The molecule has 0 unspecified atom stereocenters. The van der Waals surface area contributed by atoms with Gasteiger partial charge in [-0.2, -0.15) is 0 Å². The number of piperidine rings is 1. The van der Waals surface area contributed by atoms with Crippen LogP contribution in [0.25, 0.3) is 0 Å². The Balaban J connectivity index is 1.46. The summed E-state index contributed by atoms with van der Waals surface area (Å²) < 4.78 is 7.56. The number of nitrogens with zero attached hydrogens (tertiary/aromatic N) is 3. The SMILES string of the molecule is CCOc1ccc(CC(=O)N2CCC(Cn3ccnc3)CC2)cc1. The van der Waals surface area contributed by atoms with Crippen LogP contribution in [0, 0.1) is 5.92 Å². The molecule has 1 fully saturated rings. The molecular formula is C19H25N3O2. The lowest BCUT2D eigenvalue weighted by molar-refractivity contribution is -0.131. The van der Waals surface area contributed by atoms with E-state index in [2.05, 4.69) is 9.55 Å². The Morgan fingerprint density at radius 3 is 2.62 bits per heavy atom. The van der Waals surface area contributed by atoms with Gasteiger partial charge in [0.05, 0.1) is 19.4 Å². The Morgan fingerprint density at radius 2 is 2.00 bits per heavy atom. The van der Waals surface area contributed by atoms with E-state index in [9.17, 15) is 4.79 Å². The zero-order chi connectivity index (χ0) is 16.8. The molecule has 1 aliphatic heterocycles. The van der Waals surface area contributed by atoms with Crippen molar-refractivity contribution in [3.8, 4) is 5.75 Å². The van der Waals surface area contributed by atoms with Crippen LogP contribution in [0.2, 0.25) is 0 Å². The fourth-order valence-corrected chi connectivity index (χ4v) is 3.21. The van der Waals surface area contributed by atoms with Crippen molar-refractivity contribution < 1.29 is 9.53 Å². The maximum absolute atomic E-state index is 12.5. The predicted molar refractivity (Wildman–Crippen MR) is 92.8 cm³/mol. The summed E-state index contributed by atoms with van der Waals surface area (Å²) in [6, 6.07) is 7.83. The molecule has 5 nitrogen and oxygen atoms in total. The Kier molecular flexibility index (Phi) is 5.51. The average molecular weight is 327 g/mol. The van der Waals surface area contributed by atoms with E-state index < -0.39 is 0 Å². The summed E-state index contributed by atoms with van der Waals surface area (Å²) >= 11 is 0. The molecule has 1 amide bonds. The number of benzene rings is 1. The molecule has 0 N–H and O–H groups in total. The number of amides is 1. The van der Waals surface area contributed by atoms with Crippen molar-refractivity contribution in [3.63, 3.8) is 0 Å². The first-order valence-corrected chi connectivity index (χ1v) is 8.70. The number of likely N-dealkylation sites (tertiary alicyclic amines) is 1. The van der Waals surface area contributed by atoms with Crippen LogP contribution in [0.4, 0.5) is 0 Å². The minimum Gasteiger partial charge on any atom is -0.494 e. The first-order valence-electron chi connectivity index (χ1n) is 8.70. The van der Waals surface area contributed by atoms with Crippen LogP contribution in [-0.2, 0) is 17.8 Å². The third-order valence-corrected chi connectivity index (χ3v) is 4.59.